The molecule has 0 spiro atoms. The highest BCUT2D eigenvalue weighted by atomic mass is 14.9. The van der Waals surface area contributed by atoms with E-state index in [-0.39, 0.29) is 0 Å². The van der Waals surface area contributed by atoms with Gasteiger partial charge in [0.25, 0.3) is 0 Å². The first-order chi connectivity index (χ1) is 21.0. The third kappa shape index (κ3) is 5.43. The van der Waals surface area contributed by atoms with E-state index in [4.69, 9.17) is 19.9 Å². The normalized spacial score (nSPS) is 11.1. The summed E-state index contributed by atoms with van der Waals surface area (Å²) in [6, 6.07) is 43.9. The lowest BCUT2D eigenvalue weighted by atomic mass is 10.0. The molecule has 4 nitrogen and oxygen atoms in total. The van der Waals surface area contributed by atoms with Gasteiger partial charge in [-0.05, 0) is 39.0 Å². The summed E-state index contributed by atoms with van der Waals surface area (Å²) in [5, 5.41) is 1.03. The average molecular weight is 555 g/mol. The Morgan fingerprint density at radius 3 is 1.58 bits per heavy atom. The molecule has 0 aliphatic carbocycles. The summed E-state index contributed by atoms with van der Waals surface area (Å²) >= 11 is 0. The van der Waals surface area contributed by atoms with Gasteiger partial charge >= 0.3 is 0 Å². The molecule has 0 amide bonds. The molecule has 2 heterocycles. The van der Waals surface area contributed by atoms with Gasteiger partial charge in [-0.1, -0.05) is 126 Å². The zero-order valence-corrected chi connectivity index (χ0v) is 24.4. The van der Waals surface area contributed by atoms with Crippen LogP contribution in [-0.4, -0.2) is 19.9 Å². The molecule has 7 aromatic rings. The molecule has 43 heavy (non-hydrogen) atoms. The summed E-state index contributed by atoms with van der Waals surface area (Å²) in [7, 11) is 0. The molecule has 0 atom stereocenters. The van der Waals surface area contributed by atoms with Crippen LogP contribution in [0.15, 0.2) is 127 Å². The summed E-state index contributed by atoms with van der Waals surface area (Å²) in [6.07, 6.45) is 0. The molecule has 0 N–H and O–H groups in total. The molecule has 7 rings (SSSR count). The average Bonchev–Trinajstić information content (AvgIpc) is 3.05. The Labute approximate surface area is 251 Å². The van der Waals surface area contributed by atoms with E-state index in [9.17, 15) is 0 Å². The van der Waals surface area contributed by atoms with Gasteiger partial charge in [-0.25, -0.2) is 19.9 Å². The van der Waals surface area contributed by atoms with E-state index in [2.05, 4.69) is 124 Å². The van der Waals surface area contributed by atoms with Gasteiger partial charge in [-0.3, -0.25) is 0 Å². The lowest BCUT2D eigenvalue weighted by Gasteiger charge is -2.12. The minimum Gasteiger partial charge on any atom is -0.228 e. The first-order valence-corrected chi connectivity index (χ1v) is 14.5. The van der Waals surface area contributed by atoms with Crippen molar-refractivity contribution < 1.29 is 0 Å². The van der Waals surface area contributed by atoms with Crippen LogP contribution in [0.2, 0.25) is 0 Å². The summed E-state index contributed by atoms with van der Waals surface area (Å²) in [5.41, 5.74) is 12.2. The SMILES string of the molecule is Cc1ccc(-c2cc(-c3cccc(-c4nc(-c5ccc(C)cc5)c5ccccc5n4)c3)nc(-c3ccc(C)cc3)n2)cc1. The quantitative estimate of drug-likeness (QED) is 0.213. The van der Waals surface area contributed by atoms with Crippen LogP contribution in [0.25, 0.3) is 67.5 Å². The largest absolute Gasteiger partial charge is 0.228 e. The zero-order chi connectivity index (χ0) is 29.3. The Bertz CT molecular complexity index is 2010. The van der Waals surface area contributed by atoms with Gasteiger partial charge in [-0.15, -0.1) is 0 Å². The summed E-state index contributed by atoms with van der Waals surface area (Å²) in [5.74, 6) is 1.38. The van der Waals surface area contributed by atoms with Crippen LogP contribution in [-0.2, 0) is 0 Å². The minimum atomic E-state index is 0.683. The first-order valence-electron chi connectivity index (χ1n) is 14.5. The van der Waals surface area contributed by atoms with Crippen LogP contribution in [0, 0.1) is 20.8 Å². The zero-order valence-electron chi connectivity index (χ0n) is 24.4. The number of hydrogen-bond donors (Lipinski definition) is 0. The fourth-order valence-corrected chi connectivity index (χ4v) is 5.25. The minimum absolute atomic E-state index is 0.683. The highest BCUT2D eigenvalue weighted by Gasteiger charge is 2.14. The first kappa shape index (κ1) is 26.4. The maximum atomic E-state index is 5.11. The Kier molecular flexibility index (Phi) is 6.80. The highest BCUT2D eigenvalue weighted by molar-refractivity contribution is 5.93. The molecule has 4 heteroatoms. The Hall–Kier alpha value is -5.48. The van der Waals surface area contributed by atoms with Gasteiger partial charge in [0.2, 0.25) is 0 Å². The molecular formula is C39H30N4. The molecule has 0 aliphatic rings. The van der Waals surface area contributed by atoms with E-state index >= 15 is 0 Å². The highest BCUT2D eigenvalue weighted by Crippen LogP contribution is 2.32. The molecule has 206 valence electrons. The summed E-state index contributed by atoms with van der Waals surface area (Å²) in [4.78, 5) is 20.1. The third-order valence-corrected chi connectivity index (χ3v) is 7.73. The van der Waals surface area contributed by atoms with E-state index in [1.54, 1.807) is 0 Å². The van der Waals surface area contributed by atoms with Crippen LogP contribution in [0.3, 0.4) is 0 Å². The topological polar surface area (TPSA) is 51.6 Å². The molecule has 0 aliphatic heterocycles. The number of rotatable bonds is 5. The molecule has 2 aromatic heterocycles. The van der Waals surface area contributed by atoms with Crippen molar-refractivity contribution in [2.24, 2.45) is 0 Å². The standard InChI is InChI=1S/C39H30N4/c1-25-11-17-28(18-12-25)35-24-36(42-38(41-35)30-21-15-27(3)16-22-30)31-7-6-8-32(23-31)39-40-34-10-5-4-9-33(34)37(43-39)29-19-13-26(2)14-20-29/h4-24H,1-3H3. The smallest absolute Gasteiger partial charge is 0.160 e. The Balaban J connectivity index is 1.37. The van der Waals surface area contributed by atoms with E-state index in [1.165, 1.54) is 16.7 Å². The van der Waals surface area contributed by atoms with Crippen LogP contribution in [0.5, 0.6) is 0 Å². The third-order valence-electron chi connectivity index (χ3n) is 7.73. The van der Waals surface area contributed by atoms with Crippen molar-refractivity contribution in [3.63, 3.8) is 0 Å². The van der Waals surface area contributed by atoms with Crippen LogP contribution >= 0.6 is 0 Å². The van der Waals surface area contributed by atoms with Crippen molar-refractivity contribution in [3.8, 4) is 56.5 Å². The van der Waals surface area contributed by atoms with Gasteiger partial charge in [0.15, 0.2) is 11.6 Å². The van der Waals surface area contributed by atoms with Crippen LogP contribution in [0.4, 0.5) is 0 Å². The fourth-order valence-electron chi connectivity index (χ4n) is 5.25. The summed E-state index contributed by atoms with van der Waals surface area (Å²) < 4.78 is 0. The van der Waals surface area contributed by atoms with Gasteiger partial charge < -0.3 is 0 Å². The van der Waals surface area contributed by atoms with Crippen molar-refractivity contribution in [1.82, 2.24) is 19.9 Å². The van der Waals surface area contributed by atoms with Gasteiger partial charge in [0.1, 0.15) is 0 Å². The van der Waals surface area contributed by atoms with Crippen LogP contribution in [0.1, 0.15) is 16.7 Å². The van der Waals surface area contributed by atoms with E-state index in [0.29, 0.717) is 11.6 Å². The predicted octanol–water partition coefficient (Wildman–Crippen LogP) is 9.68. The second-order valence-corrected chi connectivity index (χ2v) is 11.1. The molecular weight excluding hydrogens is 524 g/mol. The van der Waals surface area contributed by atoms with Crippen molar-refractivity contribution >= 4 is 10.9 Å². The Morgan fingerprint density at radius 2 is 0.907 bits per heavy atom. The molecule has 5 aromatic carbocycles. The van der Waals surface area contributed by atoms with Crippen LogP contribution < -0.4 is 0 Å². The number of benzene rings is 5. The molecule has 0 saturated carbocycles. The Morgan fingerprint density at radius 1 is 0.372 bits per heavy atom. The maximum absolute atomic E-state index is 5.11. The number of para-hydroxylation sites is 1. The van der Waals surface area contributed by atoms with Gasteiger partial charge in [-0.2, -0.15) is 0 Å². The molecule has 0 unspecified atom stereocenters. The number of nitrogens with zero attached hydrogens (tertiary/aromatic N) is 4. The maximum Gasteiger partial charge on any atom is 0.160 e. The number of aryl methyl sites for hydroxylation is 3. The van der Waals surface area contributed by atoms with Crippen molar-refractivity contribution in [2.45, 2.75) is 20.8 Å². The molecule has 0 fully saturated rings. The monoisotopic (exact) mass is 554 g/mol. The molecule has 0 bridgehead atoms. The number of fused-ring (bicyclic) bond motifs is 1. The van der Waals surface area contributed by atoms with E-state index < -0.39 is 0 Å². The lowest BCUT2D eigenvalue weighted by molar-refractivity contribution is 1.18. The number of aromatic nitrogens is 4. The fraction of sp³-hybridized carbons (Fsp3) is 0.0769. The lowest BCUT2D eigenvalue weighted by Crippen LogP contribution is -1.97. The van der Waals surface area contributed by atoms with Gasteiger partial charge in [0, 0.05) is 33.2 Å². The van der Waals surface area contributed by atoms with Gasteiger partial charge in [0.05, 0.1) is 22.6 Å². The van der Waals surface area contributed by atoms with Crippen molar-refractivity contribution in [3.05, 3.63) is 144 Å². The predicted molar refractivity (Wildman–Crippen MR) is 177 cm³/mol. The molecule has 0 saturated heterocycles. The van der Waals surface area contributed by atoms with E-state index in [1.807, 2.05) is 24.3 Å². The second kappa shape index (κ2) is 11.1. The van der Waals surface area contributed by atoms with Crippen molar-refractivity contribution in [2.75, 3.05) is 0 Å². The summed E-state index contributed by atoms with van der Waals surface area (Å²) in [6.45, 7) is 6.28. The molecule has 0 radical (unpaired) electrons. The van der Waals surface area contributed by atoms with E-state index in [0.717, 1.165) is 55.8 Å². The second-order valence-electron chi connectivity index (χ2n) is 11.1. The number of hydrogen-bond acceptors (Lipinski definition) is 4. The van der Waals surface area contributed by atoms with Crippen molar-refractivity contribution in [1.29, 1.82) is 0 Å².